The van der Waals surface area contributed by atoms with Crippen molar-refractivity contribution in [3.05, 3.63) is 96.3 Å². The van der Waals surface area contributed by atoms with Gasteiger partial charge in [-0.1, -0.05) is 54.6 Å². The van der Waals surface area contributed by atoms with Crippen LogP contribution in [0.4, 0.5) is 10.5 Å². The third-order valence-corrected chi connectivity index (χ3v) is 3.56. The Balaban J connectivity index is 1.75. The Hall–Kier alpha value is -3.14. The van der Waals surface area contributed by atoms with E-state index in [4.69, 9.17) is 4.74 Å². The lowest BCUT2D eigenvalue weighted by molar-refractivity contribution is 0.146. The van der Waals surface area contributed by atoms with Gasteiger partial charge in [0.15, 0.2) is 0 Å². The third kappa shape index (κ3) is 4.20. The predicted octanol–water partition coefficient (Wildman–Crippen LogP) is 4.43. The summed E-state index contributed by atoms with van der Waals surface area (Å²) in [4.78, 5) is 18.3. The van der Waals surface area contributed by atoms with Crippen molar-refractivity contribution in [2.75, 3.05) is 4.90 Å². The Morgan fingerprint density at radius 1 is 0.875 bits per heavy atom. The van der Waals surface area contributed by atoms with Crippen LogP contribution in [0.25, 0.3) is 0 Å². The first-order chi connectivity index (χ1) is 11.8. The van der Waals surface area contributed by atoms with E-state index in [1.807, 2.05) is 72.8 Å². The van der Waals surface area contributed by atoms with Crippen molar-refractivity contribution < 1.29 is 9.53 Å². The first-order valence-corrected chi connectivity index (χ1v) is 7.75. The zero-order chi connectivity index (χ0) is 16.6. The maximum atomic E-state index is 12.6. The maximum absolute atomic E-state index is 12.6. The van der Waals surface area contributed by atoms with Crippen molar-refractivity contribution in [1.29, 1.82) is 0 Å². The highest BCUT2D eigenvalue weighted by molar-refractivity contribution is 5.87. The number of amides is 1. The summed E-state index contributed by atoms with van der Waals surface area (Å²) in [5, 5.41) is 0. The monoisotopic (exact) mass is 318 g/mol. The number of hydrogen-bond acceptors (Lipinski definition) is 3. The minimum Gasteiger partial charge on any atom is -0.444 e. The van der Waals surface area contributed by atoms with Gasteiger partial charge in [0.25, 0.3) is 0 Å². The number of para-hydroxylation sites is 1. The van der Waals surface area contributed by atoms with Gasteiger partial charge in [-0.3, -0.25) is 9.88 Å². The van der Waals surface area contributed by atoms with Crippen LogP contribution in [0.15, 0.2) is 85.2 Å². The number of rotatable bonds is 5. The highest BCUT2D eigenvalue weighted by Gasteiger charge is 2.17. The van der Waals surface area contributed by atoms with Crippen LogP contribution in [0.5, 0.6) is 0 Å². The fraction of sp³-hybridized carbons (Fsp3) is 0.100. The molecule has 1 aromatic heterocycles. The van der Waals surface area contributed by atoms with Crippen molar-refractivity contribution in [2.24, 2.45) is 0 Å². The minimum absolute atomic E-state index is 0.246. The number of aromatic nitrogens is 1. The molecule has 4 nitrogen and oxygen atoms in total. The van der Waals surface area contributed by atoms with Crippen LogP contribution in [0.3, 0.4) is 0 Å². The van der Waals surface area contributed by atoms with Crippen molar-refractivity contribution in [3.8, 4) is 0 Å². The molecule has 0 radical (unpaired) electrons. The Morgan fingerprint density at radius 2 is 1.54 bits per heavy atom. The largest absolute Gasteiger partial charge is 0.444 e. The van der Waals surface area contributed by atoms with E-state index in [9.17, 15) is 4.79 Å². The van der Waals surface area contributed by atoms with Gasteiger partial charge in [0.05, 0.1) is 6.54 Å². The van der Waals surface area contributed by atoms with E-state index in [1.165, 1.54) is 0 Å². The van der Waals surface area contributed by atoms with Crippen molar-refractivity contribution in [3.63, 3.8) is 0 Å². The average Bonchev–Trinajstić information content (AvgIpc) is 2.66. The Morgan fingerprint density at radius 3 is 2.21 bits per heavy atom. The fourth-order valence-electron chi connectivity index (χ4n) is 2.34. The molecule has 3 aromatic rings. The Labute approximate surface area is 141 Å². The molecule has 0 spiro atoms. The second kappa shape index (κ2) is 7.92. The fourth-order valence-corrected chi connectivity index (χ4v) is 2.34. The second-order valence-corrected chi connectivity index (χ2v) is 5.32. The lowest BCUT2D eigenvalue weighted by Crippen LogP contribution is -2.31. The highest BCUT2D eigenvalue weighted by Crippen LogP contribution is 2.18. The molecule has 0 aliphatic carbocycles. The number of benzene rings is 2. The molecule has 0 saturated carbocycles. The third-order valence-electron chi connectivity index (χ3n) is 3.56. The standard InChI is InChI=1S/C20H18N2O2/c23-20(24-16-17-8-3-1-4-9-17)22(19-11-5-2-6-12-19)15-18-10-7-13-21-14-18/h1-14H,15-16H2. The zero-order valence-corrected chi connectivity index (χ0v) is 13.2. The smallest absolute Gasteiger partial charge is 0.414 e. The summed E-state index contributed by atoms with van der Waals surface area (Å²) in [7, 11) is 0. The maximum Gasteiger partial charge on any atom is 0.414 e. The van der Waals surface area contributed by atoms with E-state index >= 15 is 0 Å². The van der Waals surface area contributed by atoms with Crippen molar-refractivity contribution >= 4 is 11.8 Å². The second-order valence-electron chi connectivity index (χ2n) is 5.32. The van der Waals surface area contributed by atoms with Crippen LogP contribution in [-0.2, 0) is 17.9 Å². The molecule has 0 saturated heterocycles. The van der Waals surface area contributed by atoms with E-state index in [1.54, 1.807) is 17.3 Å². The van der Waals surface area contributed by atoms with Crippen LogP contribution in [0.2, 0.25) is 0 Å². The van der Waals surface area contributed by atoms with Crippen LogP contribution >= 0.6 is 0 Å². The molecule has 3 rings (SSSR count). The molecule has 24 heavy (non-hydrogen) atoms. The Kier molecular flexibility index (Phi) is 5.20. The van der Waals surface area contributed by atoms with Crippen molar-refractivity contribution in [1.82, 2.24) is 4.98 Å². The molecule has 0 N–H and O–H groups in total. The van der Waals surface area contributed by atoms with E-state index in [0.29, 0.717) is 6.54 Å². The van der Waals surface area contributed by atoms with Gasteiger partial charge >= 0.3 is 6.09 Å². The number of carbonyl (C=O) groups is 1. The molecule has 2 aromatic carbocycles. The first kappa shape index (κ1) is 15.7. The zero-order valence-electron chi connectivity index (χ0n) is 13.2. The lowest BCUT2D eigenvalue weighted by Gasteiger charge is -2.22. The summed E-state index contributed by atoms with van der Waals surface area (Å²) in [6.07, 6.45) is 3.08. The molecule has 0 fully saturated rings. The SMILES string of the molecule is O=C(OCc1ccccc1)N(Cc1cccnc1)c1ccccc1. The van der Waals surface area contributed by atoms with Gasteiger partial charge in [-0.2, -0.15) is 0 Å². The first-order valence-electron chi connectivity index (χ1n) is 7.75. The van der Waals surface area contributed by atoms with Gasteiger partial charge in [-0.15, -0.1) is 0 Å². The average molecular weight is 318 g/mol. The predicted molar refractivity (Wildman–Crippen MR) is 93.5 cm³/mol. The number of ether oxygens (including phenoxy) is 1. The number of carbonyl (C=O) groups excluding carboxylic acids is 1. The van der Waals surface area contributed by atoms with Gasteiger partial charge in [0, 0.05) is 18.1 Å². The summed E-state index contributed by atoms with van der Waals surface area (Å²) in [5.41, 5.74) is 2.69. The summed E-state index contributed by atoms with van der Waals surface area (Å²) < 4.78 is 5.48. The van der Waals surface area contributed by atoms with E-state index in [2.05, 4.69) is 4.98 Å². The molecule has 1 amide bonds. The van der Waals surface area contributed by atoms with Gasteiger partial charge in [-0.05, 0) is 29.3 Å². The topological polar surface area (TPSA) is 42.4 Å². The normalized spacial score (nSPS) is 10.2. The van der Waals surface area contributed by atoms with E-state index in [-0.39, 0.29) is 12.7 Å². The highest BCUT2D eigenvalue weighted by atomic mass is 16.6. The molecule has 0 aliphatic heterocycles. The number of nitrogens with zero attached hydrogens (tertiary/aromatic N) is 2. The summed E-state index contributed by atoms with van der Waals surface area (Å²) in [5.74, 6) is 0. The molecule has 120 valence electrons. The van der Waals surface area contributed by atoms with Crippen LogP contribution < -0.4 is 4.90 Å². The number of anilines is 1. The molecule has 0 bridgehead atoms. The van der Waals surface area contributed by atoms with Crippen LogP contribution in [0, 0.1) is 0 Å². The number of pyridine rings is 1. The van der Waals surface area contributed by atoms with Gasteiger partial charge in [0.2, 0.25) is 0 Å². The molecular formula is C20H18N2O2. The molecule has 4 heteroatoms. The molecule has 0 unspecified atom stereocenters. The van der Waals surface area contributed by atoms with Crippen molar-refractivity contribution in [2.45, 2.75) is 13.2 Å². The van der Waals surface area contributed by atoms with E-state index < -0.39 is 0 Å². The van der Waals surface area contributed by atoms with Crippen LogP contribution in [0.1, 0.15) is 11.1 Å². The molecule has 1 heterocycles. The quantitative estimate of drug-likeness (QED) is 0.699. The summed E-state index contributed by atoms with van der Waals surface area (Å²) >= 11 is 0. The van der Waals surface area contributed by atoms with Crippen LogP contribution in [-0.4, -0.2) is 11.1 Å². The molecular weight excluding hydrogens is 300 g/mol. The van der Waals surface area contributed by atoms with Gasteiger partial charge < -0.3 is 4.74 Å². The van der Waals surface area contributed by atoms with Gasteiger partial charge in [-0.25, -0.2) is 4.79 Å². The summed E-state index contributed by atoms with van der Waals surface area (Å²) in [6, 6.07) is 22.9. The molecule has 0 atom stereocenters. The van der Waals surface area contributed by atoms with Gasteiger partial charge in [0.1, 0.15) is 6.61 Å². The number of hydrogen-bond donors (Lipinski definition) is 0. The van der Waals surface area contributed by atoms with E-state index in [0.717, 1.165) is 16.8 Å². The minimum atomic E-state index is -0.381. The summed E-state index contributed by atoms with van der Waals surface area (Å²) in [6.45, 7) is 0.654. The molecule has 0 aliphatic rings. The Bertz CT molecular complexity index is 761. The lowest BCUT2D eigenvalue weighted by atomic mass is 10.2.